The van der Waals surface area contributed by atoms with Gasteiger partial charge in [0.25, 0.3) is 0 Å². The number of hydrogen-bond acceptors (Lipinski definition) is 3. The standard InChI is InChI=1S/C10H12N4/c1-7-9(6-14(2)13-7)8-5-12-4-3-10(8)11/h3-6H,1-2H3,(H2,11,12). The van der Waals surface area contributed by atoms with Gasteiger partial charge in [-0.3, -0.25) is 9.67 Å². The Labute approximate surface area is 82.4 Å². The SMILES string of the molecule is Cc1nn(C)cc1-c1cnccc1N. The Morgan fingerprint density at radius 2 is 2.14 bits per heavy atom. The zero-order valence-corrected chi connectivity index (χ0v) is 8.23. The molecule has 0 saturated carbocycles. The summed E-state index contributed by atoms with van der Waals surface area (Å²) in [6.45, 7) is 1.96. The second kappa shape index (κ2) is 3.14. The molecule has 0 aliphatic heterocycles. The number of anilines is 1. The van der Waals surface area contributed by atoms with Gasteiger partial charge in [-0.1, -0.05) is 0 Å². The Kier molecular flexibility index (Phi) is 1.96. The second-order valence-corrected chi connectivity index (χ2v) is 3.26. The first-order valence-corrected chi connectivity index (χ1v) is 4.38. The van der Waals surface area contributed by atoms with E-state index in [9.17, 15) is 0 Å². The summed E-state index contributed by atoms with van der Waals surface area (Å²) in [6, 6.07) is 1.79. The third kappa shape index (κ3) is 1.35. The van der Waals surface area contributed by atoms with E-state index in [0.29, 0.717) is 0 Å². The van der Waals surface area contributed by atoms with E-state index in [1.165, 1.54) is 0 Å². The lowest BCUT2D eigenvalue weighted by Gasteiger charge is -2.01. The van der Waals surface area contributed by atoms with E-state index in [2.05, 4.69) is 10.1 Å². The number of nitrogens with zero attached hydrogens (tertiary/aromatic N) is 3. The van der Waals surface area contributed by atoms with Crippen LogP contribution in [0.5, 0.6) is 0 Å². The summed E-state index contributed by atoms with van der Waals surface area (Å²) in [5.74, 6) is 0. The predicted octanol–water partition coefficient (Wildman–Crippen LogP) is 1.37. The minimum Gasteiger partial charge on any atom is -0.398 e. The van der Waals surface area contributed by atoms with E-state index in [4.69, 9.17) is 5.73 Å². The smallest absolute Gasteiger partial charge is 0.0673 e. The zero-order chi connectivity index (χ0) is 10.1. The average Bonchev–Trinajstić information content (AvgIpc) is 2.46. The van der Waals surface area contributed by atoms with Gasteiger partial charge < -0.3 is 5.73 Å². The van der Waals surface area contributed by atoms with E-state index < -0.39 is 0 Å². The summed E-state index contributed by atoms with van der Waals surface area (Å²) in [5, 5.41) is 4.26. The summed E-state index contributed by atoms with van der Waals surface area (Å²) in [7, 11) is 1.89. The average molecular weight is 188 g/mol. The summed E-state index contributed by atoms with van der Waals surface area (Å²) in [4.78, 5) is 4.06. The van der Waals surface area contributed by atoms with Crippen LogP contribution in [-0.2, 0) is 7.05 Å². The molecule has 0 fully saturated rings. The molecule has 2 rings (SSSR count). The summed E-state index contributed by atoms with van der Waals surface area (Å²) < 4.78 is 1.77. The van der Waals surface area contributed by atoms with Crippen LogP contribution in [0.4, 0.5) is 5.69 Å². The van der Waals surface area contributed by atoms with Crippen molar-refractivity contribution in [2.75, 3.05) is 5.73 Å². The first-order valence-electron chi connectivity index (χ1n) is 4.38. The molecule has 72 valence electrons. The number of aryl methyl sites for hydroxylation is 2. The number of pyridine rings is 1. The molecular formula is C10H12N4. The molecule has 4 heteroatoms. The molecule has 2 N–H and O–H groups in total. The van der Waals surface area contributed by atoms with Crippen LogP contribution in [0.2, 0.25) is 0 Å². The first kappa shape index (κ1) is 8.74. The topological polar surface area (TPSA) is 56.7 Å². The fraction of sp³-hybridized carbons (Fsp3) is 0.200. The minimum absolute atomic E-state index is 0.733. The highest BCUT2D eigenvalue weighted by atomic mass is 15.2. The molecule has 2 heterocycles. The van der Waals surface area contributed by atoms with Crippen molar-refractivity contribution in [3.8, 4) is 11.1 Å². The van der Waals surface area contributed by atoms with Crippen LogP contribution in [0.25, 0.3) is 11.1 Å². The largest absolute Gasteiger partial charge is 0.398 e. The summed E-state index contributed by atoms with van der Waals surface area (Å²) >= 11 is 0. The Hall–Kier alpha value is -1.84. The molecular weight excluding hydrogens is 176 g/mol. The lowest BCUT2D eigenvalue weighted by molar-refractivity contribution is 0.756. The van der Waals surface area contributed by atoms with Gasteiger partial charge in [-0.15, -0.1) is 0 Å². The van der Waals surface area contributed by atoms with Gasteiger partial charge in [0, 0.05) is 42.5 Å². The van der Waals surface area contributed by atoms with E-state index in [-0.39, 0.29) is 0 Å². The van der Waals surface area contributed by atoms with Crippen LogP contribution in [0, 0.1) is 6.92 Å². The van der Waals surface area contributed by atoms with E-state index in [1.54, 1.807) is 23.1 Å². The van der Waals surface area contributed by atoms with Crippen LogP contribution >= 0.6 is 0 Å². The number of hydrogen-bond donors (Lipinski definition) is 1. The lowest BCUT2D eigenvalue weighted by Crippen LogP contribution is -1.90. The molecule has 0 saturated heterocycles. The lowest BCUT2D eigenvalue weighted by atomic mass is 10.1. The van der Waals surface area contributed by atoms with Crippen molar-refractivity contribution in [3.05, 3.63) is 30.4 Å². The highest BCUT2D eigenvalue weighted by Crippen LogP contribution is 2.26. The molecule has 4 nitrogen and oxygen atoms in total. The molecule has 0 unspecified atom stereocenters. The van der Waals surface area contributed by atoms with Crippen molar-refractivity contribution in [1.29, 1.82) is 0 Å². The van der Waals surface area contributed by atoms with Crippen molar-refractivity contribution in [2.45, 2.75) is 6.92 Å². The summed E-state index contributed by atoms with van der Waals surface area (Å²) in [6.07, 6.45) is 5.40. The molecule has 0 bridgehead atoms. The molecule has 0 amide bonds. The second-order valence-electron chi connectivity index (χ2n) is 3.26. The first-order chi connectivity index (χ1) is 6.68. The minimum atomic E-state index is 0.733. The van der Waals surface area contributed by atoms with Crippen molar-refractivity contribution in [3.63, 3.8) is 0 Å². The normalized spacial score (nSPS) is 10.4. The molecule has 0 aromatic carbocycles. The quantitative estimate of drug-likeness (QED) is 0.735. The van der Waals surface area contributed by atoms with Gasteiger partial charge in [0.05, 0.1) is 5.69 Å². The van der Waals surface area contributed by atoms with Crippen molar-refractivity contribution < 1.29 is 0 Å². The number of nitrogens with two attached hydrogens (primary N) is 1. The third-order valence-corrected chi connectivity index (χ3v) is 2.16. The maximum Gasteiger partial charge on any atom is 0.0673 e. The van der Waals surface area contributed by atoms with Crippen LogP contribution < -0.4 is 5.73 Å². The van der Waals surface area contributed by atoms with Gasteiger partial charge in [-0.25, -0.2) is 0 Å². The van der Waals surface area contributed by atoms with Gasteiger partial charge in [0.1, 0.15) is 0 Å². The van der Waals surface area contributed by atoms with Gasteiger partial charge >= 0.3 is 0 Å². The molecule has 0 aliphatic carbocycles. The Morgan fingerprint density at radius 1 is 1.36 bits per heavy atom. The Balaban J connectivity index is 2.60. The molecule has 0 spiro atoms. The summed E-state index contributed by atoms with van der Waals surface area (Å²) in [5.41, 5.74) is 9.53. The highest BCUT2D eigenvalue weighted by Gasteiger charge is 2.08. The molecule has 2 aromatic heterocycles. The van der Waals surface area contributed by atoms with E-state index in [1.807, 2.05) is 20.2 Å². The van der Waals surface area contributed by atoms with Crippen molar-refractivity contribution >= 4 is 5.69 Å². The van der Waals surface area contributed by atoms with Gasteiger partial charge in [-0.05, 0) is 13.0 Å². The van der Waals surface area contributed by atoms with E-state index in [0.717, 1.165) is 22.5 Å². The maximum atomic E-state index is 5.85. The number of nitrogen functional groups attached to an aromatic ring is 1. The molecule has 14 heavy (non-hydrogen) atoms. The number of aromatic nitrogens is 3. The monoisotopic (exact) mass is 188 g/mol. The fourth-order valence-corrected chi connectivity index (χ4v) is 1.49. The van der Waals surface area contributed by atoms with E-state index >= 15 is 0 Å². The van der Waals surface area contributed by atoms with Gasteiger partial charge in [0.15, 0.2) is 0 Å². The molecule has 0 radical (unpaired) electrons. The highest BCUT2D eigenvalue weighted by molar-refractivity contribution is 5.76. The van der Waals surface area contributed by atoms with Crippen molar-refractivity contribution in [1.82, 2.24) is 14.8 Å². The van der Waals surface area contributed by atoms with Gasteiger partial charge in [0.2, 0.25) is 0 Å². The maximum absolute atomic E-state index is 5.85. The van der Waals surface area contributed by atoms with Gasteiger partial charge in [-0.2, -0.15) is 5.10 Å². The zero-order valence-electron chi connectivity index (χ0n) is 8.23. The van der Waals surface area contributed by atoms with Crippen LogP contribution in [-0.4, -0.2) is 14.8 Å². The van der Waals surface area contributed by atoms with Crippen molar-refractivity contribution in [2.24, 2.45) is 7.05 Å². The van der Waals surface area contributed by atoms with Crippen LogP contribution in [0.15, 0.2) is 24.7 Å². The fourth-order valence-electron chi connectivity index (χ4n) is 1.49. The van der Waals surface area contributed by atoms with Crippen LogP contribution in [0.1, 0.15) is 5.69 Å². The van der Waals surface area contributed by atoms with Crippen LogP contribution in [0.3, 0.4) is 0 Å². The molecule has 0 aliphatic rings. The number of rotatable bonds is 1. The third-order valence-electron chi connectivity index (χ3n) is 2.16. The Bertz CT molecular complexity index is 459. The predicted molar refractivity (Wildman–Crippen MR) is 55.6 cm³/mol. The Morgan fingerprint density at radius 3 is 2.71 bits per heavy atom. The molecule has 0 atom stereocenters. The molecule has 2 aromatic rings.